The number of likely N-dealkylation sites (N-methyl/N-ethyl adjacent to an activating group) is 1. The summed E-state index contributed by atoms with van der Waals surface area (Å²) in [7, 11) is 2.17. The summed E-state index contributed by atoms with van der Waals surface area (Å²) in [5.41, 5.74) is 0.624. The Balaban J connectivity index is 1.30. The van der Waals surface area contributed by atoms with E-state index in [9.17, 15) is 4.79 Å². The van der Waals surface area contributed by atoms with E-state index in [0.29, 0.717) is 29.6 Å². The predicted molar refractivity (Wildman–Crippen MR) is 104 cm³/mol. The summed E-state index contributed by atoms with van der Waals surface area (Å²) >= 11 is 0. The van der Waals surface area contributed by atoms with Gasteiger partial charge in [0.25, 0.3) is 5.91 Å². The number of piperidine rings is 3. The number of hydrogen-bond donors (Lipinski definition) is 1. The number of amides is 1. The summed E-state index contributed by atoms with van der Waals surface area (Å²) in [6, 6.07) is 5.80. The van der Waals surface area contributed by atoms with Crippen LogP contribution in [-0.2, 0) is 0 Å². The number of carbonyl (C=O) groups excluding carboxylic acids is 1. The molecule has 0 spiro atoms. The summed E-state index contributed by atoms with van der Waals surface area (Å²) in [4.78, 5) is 17.5. The molecule has 4 heterocycles. The summed E-state index contributed by atoms with van der Waals surface area (Å²) in [6.07, 6.45) is 4.42. The number of benzene rings is 1. The highest BCUT2D eigenvalue weighted by molar-refractivity contribution is 5.94. The molecule has 0 aromatic heterocycles. The van der Waals surface area contributed by atoms with Crippen molar-refractivity contribution in [2.45, 2.75) is 18.9 Å². The second kappa shape index (κ2) is 7.90. The van der Waals surface area contributed by atoms with Crippen LogP contribution in [0.2, 0.25) is 0 Å². The maximum atomic E-state index is 12.5. The Hall–Kier alpha value is -2.05. The van der Waals surface area contributed by atoms with E-state index in [1.54, 1.807) is 18.2 Å². The smallest absolute Gasteiger partial charge is 0.251 e. The van der Waals surface area contributed by atoms with Crippen molar-refractivity contribution >= 4 is 5.91 Å². The number of carbonyl (C=O) groups is 1. The zero-order chi connectivity index (χ0) is 18.8. The Bertz CT molecular complexity index is 708. The molecular weight excluding hydrogens is 342 g/mol. The highest BCUT2D eigenvalue weighted by Gasteiger charge is 2.40. The average molecular weight is 371 g/mol. The summed E-state index contributed by atoms with van der Waals surface area (Å²) < 4.78 is 10.7. The van der Waals surface area contributed by atoms with Crippen LogP contribution in [0.4, 0.5) is 0 Å². The molecule has 0 radical (unpaired) electrons. The molecule has 0 aliphatic carbocycles. The van der Waals surface area contributed by atoms with Crippen LogP contribution in [0.25, 0.3) is 0 Å². The molecule has 1 aromatic rings. The van der Waals surface area contributed by atoms with E-state index in [4.69, 9.17) is 9.47 Å². The van der Waals surface area contributed by atoms with Crippen molar-refractivity contribution in [1.82, 2.24) is 15.1 Å². The normalized spacial score (nSPS) is 28.4. The molecule has 6 nitrogen and oxygen atoms in total. The number of nitrogens with one attached hydrogen (secondary N) is 1. The van der Waals surface area contributed by atoms with Gasteiger partial charge in [0, 0.05) is 37.8 Å². The highest BCUT2D eigenvalue weighted by Crippen LogP contribution is 2.36. The Morgan fingerprint density at radius 1 is 1.41 bits per heavy atom. The lowest BCUT2D eigenvalue weighted by molar-refractivity contribution is -0.00778. The molecule has 4 atom stereocenters. The molecule has 6 heteroatoms. The van der Waals surface area contributed by atoms with Crippen LogP contribution in [0, 0.1) is 11.8 Å². The number of hydrogen-bond acceptors (Lipinski definition) is 5. The summed E-state index contributed by atoms with van der Waals surface area (Å²) in [5.74, 6) is 2.79. The molecule has 2 bridgehead atoms. The van der Waals surface area contributed by atoms with Gasteiger partial charge in [-0.3, -0.25) is 9.69 Å². The fourth-order valence-corrected chi connectivity index (χ4v) is 4.71. The van der Waals surface area contributed by atoms with Crippen LogP contribution in [0.1, 0.15) is 23.2 Å². The minimum atomic E-state index is -0.0433. The number of rotatable bonds is 7. The second-order valence-electron chi connectivity index (χ2n) is 7.98. The predicted octanol–water partition coefficient (Wildman–Crippen LogP) is 1.97. The van der Waals surface area contributed by atoms with E-state index in [2.05, 4.69) is 28.7 Å². The first kappa shape index (κ1) is 18.3. The van der Waals surface area contributed by atoms with Gasteiger partial charge in [0.05, 0.1) is 0 Å². The van der Waals surface area contributed by atoms with Gasteiger partial charge in [0.1, 0.15) is 0 Å². The third kappa shape index (κ3) is 3.96. The lowest BCUT2D eigenvalue weighted by Gasteiger charge is -2.50. The van der Waals surface area contributed by atoms with Crippen LogP contribution < -0.4 is 14.8 Å². The lowest BCUT2D eigenvalue weighted by atomic mass is 9.75. The van der Waals surface area contributed by atoms with Crippen molar-refractivity contribution in [3.8, 4) is 11.5 Å². The molecule has 1 aromatic carbocycles. The Morgan fingerprint density at radius 2 is 2.26 bits per heavy atom. The standard InChI is InChI=1S/C21H29N3O3/c1-3-7-23(2)12-17-13-24-8-6-15(17)9-18(24)11-22-21(25)16-4-5-19-20(10-16)27-14-26-19/h3-5,10,15,17-18H,1,6-9,11-14H2,2H3,(H,22,25). The van der Waals surface area contributed by atoms with Crippen LogP contribution in [0.5, 0.6) is 11.5 Å². The fourth-order valence-electron chi connectivity index (χ4n) is 4.71. The van der Waals surface area contributed by atoms with Gasteiger partial charge in [-0.05, 0) is 56.5 Å². The van der Waals surface area contributed by atoms with Crippen molar-refractivity contribution in [1.29, 1.82) is 0 Å². The molecule has 3 saturated heterocycles. The maximum Gasteiger partial charge on any atom is 0.251 e. The van der Waals surface area contributed by atoms with Gasteiger partial charge in [-0.1, -0.05) is 6.08 Å². The average Bonchev–Trinajstić information content (AvgIpc) is 3.15. The molecule has 5 rings (SSSR count). The molecule has 3 fully saturated rings. The monoisotopic (exact) mass is 371 g/mol. The topological polar surface area (TPSA) is 54.0 Å². The van der Waals surface area contributed by atoms with E-state index in [0.717, 1.165) is 38.0 Å². The van der Waals surface area contributed by atoms with E-state index in [-0.39, 0.29) is 12.7 Å². The molecule has 0 saturated carbocycles. The molecule has 4 aliphatic rings. The van der Waals surface area contributed by atoms with Crippen molar-refractivity contribution in [2.75, 3.05) is 46.6 Å². The Labute approximate surface area is 161 Å². The fraction of sp³-hybridized carbons (Fsp3) is 0.571. The van der Waals surface area contributed by atoms with Crippen molar-refractivity contribution < 1.29 is 14.3 Å². The van der Waals surface area contributed by atoms with Crippen LogP contribution >= 0.6 is 0 Å². The minimum absolute atomic E-state index is 0.0433. The van der Waals surface area contributed by atoms with Gasteiger partial charge in [0.2, 0.25) is 6.79 Å². The third-order valence-electron chi connectivity index (χ3n) is 6.13. The molecule has 1 N–H and O–H groups in total. The minimum Gasteiger partial charge on any atom is -0.454 e. The SMILES string of the molecule is C=CCN(C)CC1CN2CCC1CC2CNC(=O)c1ccc2c(c1)OCO2. The van der Waals surface area contributed by atoms with E-state index < -0.39 is 0 Å². The number of fused-ring (bicyclic) bond motifs is 4. The van der Waals surface area contributed by atoms with Crippen molar-refractivity contribution in [3.63, 3.8) is 0 Å². The zero-order valence-corrected chi connectivity index (χ0v) is 16.0. The quantitative estimate of drug-likeness (QED) is 0.743. The van der Waals surface area contributed by atoms with Gasteiger partial charge < -0.3 is 19.7 Å². The molecule has 4 aliphatic heterocycles. The first-order chi connectivity index (χ1) is 13.1. The van der Waals surface area contributed by atoms with Gasteiger partial charge in [-0.2, -0.15) is 0 Å². The summed E-state index contributed by atoms with van der Waals surface area (Å²) in [5, 5.41) is 3.12. The van der Waals surface area contributed by atoms with E-state index in [1.807, 2.05) is 6.08 Å². The zero-order valence-electron chi connectivity index (χ0n) is 16.0. The summed E-state index contributed by atoms with van der Waals surface area (Å²) in [6.45, 7) is 9.12. The Morgan fingerprint density at radius 3 is 3.04 bits per heavy atom. The van der Waals surface area contributed by atoms with Gasteiger partial charge in [0.15, 0.2) is 11.5 Å². The molecule has 27 heavy (non-hydrogen) atoms. The molecule has 146 valence electrons. The Kier molecular flexibility index (Phi) is 5.36. The lowest BCUT2D eigenvalue weighted by Crippen LogP contribution is -2.58. The van der Waals surface area contributed by atoms with Crippen LogP contribution in [0.3, 0.4) is 0 Å². The first-order valence-corrected chi connectivity index (χ1v) is 9.85. The van der Waals surface area contributed by atoms with E-state index >= 15 is 0 Å². The van der Waals surface area contributed by atoms with E-state index in [1.165, 1.54) is 12.8 Å². The van der Waals surface area contributed by atoms with Crippen molar-refractivity contribution in [2.24, 2.45) is 11.8 Å². The molecular formula is C21H29N3O3. The van der Waals surface area contributed by atoms with Crippen molar-refractivity contribution in [3.05, 3.63) is 36.4 Å². The van der Waals surface area contributed by atoms with Gasteiger partial charge in [-0.15, -0.1) is 6.58 Å². The third-order valence-corrected chi connectivity index (χ3v) is 6.13. The number of nitrogens with zero attached hydrogens (tertiary/aromatic N) is 2. The maximum absolute atomic E-state index is 12.5. The van der Waals surface area contributed by atoms with Crippen LogP contribution in [0.15, 0.2) is 30.9 Å². The van der Waals surface area contributed by atoms with Gasteiger partial charge >= 0.3 is 0 Å². The highest BCUT2D eigenvalue weighted by atomic mass is 16.7. The first-order valence-electron chi connectivity index (χ1n) is 9.85. The van der Waals surface area contributed by atoms with Crippen LogP contribution in [-0.4, -0.2) is 68.3 Å². The van der Waals surface area contributed by atoms with Gasteiger partial charge in [-0.25, -0.2) is 0 Å². The number of ether oxygens (including phenoxy) is 2. The molecule has 1 amide bonds. The largest absolute Gasteiger partial charge is 0.454 e. The molecule has 4 unspecified atom stereocenters. The second-order valence-corrected chi connectivity index (χ2v) is 7.98.